The van der Waals surface area contributed by atoms with E-state index in [-0.39, 0.29) is 5.60 Å². The molecule has 1 unspecified atom stereocenters. The van der Waals surface area contributed by atoms with E-state index in [4.69, 9.17) is 4.74 Å². The molecule has 0 bridgehead atoms. The van der Waals surface area contributed by atoms with Gasteiger partial charge >= 0.3 is 0 Å². The maximum Gasteiger partial charge on any atom is 0.0752 e. The highest BCUT2D eigenvalue weighted by Crippen LogP contribution is 2.13. The molecular weight excluding hydrogens is 188 g/mol. The Morgan fingerprint density at radius 1 is 1.40 bits per heavy atom. The lowest BCUT2D eigenvalue weighted by molar-refractivity contribution is -0.0331. The predicted molar refractivity (Wildman–Crippen MR) is 64.2 cm³/mol. The minimum atomic E-state index is -0.0116. The lowest BCUT2D eigenvalue weighted by Crippen LogP contribution is -2.42. The number of hydrogen-bond donors (Lipinski definition) is 1. The van der Waals surface area contributed by atoms with Crippen LogP contribution >= 0.6 is 0 Å². The Bertz CT molecular complexity index is 182. The van der Waals surface area contributed by atoms with Gasteiger partial charge in [-0.3, -0.25) is 4.90 Å². The lowest BCUT2D eigenvalue weighted by Gasteiger charge is -2.31. The maximum absolute atomic E-state index is 5.74. The molecule has 0 aromatic carbocycles. The molecule has 0 spiro atoms. The van der Waals surface area contributed by atoms with Crippen molar-refractivity contribution >= 4 is 0 Å². The Kier molecular flexibility index (Phi) is 5.03. The normalized spacial score (nSPS) is 25.2. The predicted octanol–water partition coefficient (Wildman–Crippen LogP) is 1.49. The van der Waals surface area contributed by atoms with Crippen molar-refractivity contribution in [3.8, 4) is 0 Å². The second kappa shape index (κ2) is 5.83. The molecule has 0 aliphatic carbocycles. The fraction of sp³-hybridized carbons (Fsp3) is 1.00. The fourth-order valence-corrected chi connectivity index (χ4v) is 2.19. The molecule has 1 heterocycles. The van der Waals surface area contributed by atoms with Crippen LogP contribution in [-0.2, 0) is 4.74 Å². The summed E-state index contributed by atoms with van der Waals surface area (Å²) in [6, 6.07) is 0.658. The molecule has 0 aromatic rings. The van der Waals surface area contributed by atoms with E-state index in [0.717, 1.165) is 26.2 Å². The van der Waals surface area contributed by atoms with Gasteiger partial charge in [0.15, 0.2) is 0 Å². The highest BCUT2D eigenvalue weighted by Gasteiger charge is 2.23. The molecule has 90 valence electrons. The maximum atomic E-state index is 5.74. The summed E-state index contributed by atoms with van der Waals surface area (Å²) >= 11 is 0. The van der Waals surface area contributed by atoms with Gasteiger partial charge in [0.2, 0.25) is 0 Å². The molecule has 3 heteroatoms. The van der Waals surface area contributed by atoms with E-state index in [2.05, 4.69) is 37.9 Å². The van der Waals surface area contributed by atoms with Crippen molar-refractivity contribution in [2.45, 2.75) is 45.8 Å². The van der Waals surface area contributed by atoms with Gasteiger partial charge in [-0.1, -0.05) is 0 Å². The first-order valence-corrected chi connectivity index (χ1v) is 6.13. The average molecular weight is 214 g/mol. The third-order valence-corrected chi connectivity index (χ3v) is 2.94. The SMILES string of the molecule is CCOC(C)(C)CN1CCNC(C)CC1. The van der Waals surface area contributed by atoms with Crippen molar-refractivity contribution in [2.75, 3.05) is 32.8 Å². The van der Waals surface area contributed by atoms with Gasteiger partial charge in [0, 0.05) is 32.3 Å². The molecule has 0 saturated carbocycles. The van der Waals surface area contributed by atoms with E-state index in [0.29, 0.717) is 6.04 Å². The van der Waals surface area contributed by atoms with E-state index in [9.17, 15) is 0 Å². The molecule has 1 aliphatic rings. The second-order valence-electron chi connectivity index (χ2n) is 5.11. The first-order chi connectivity index (χ1) is 7.03. The Labute approximate surface area is 94.2 Å². The van der Waals surface area contributed by atoms with Crippen molar-refractivity contribution in [1.82, 2.24) is 10.2 Å². The Morgan fingerprint density at radius 2 is 2.13 bits per heavy atom. The molecule has 15 heavy (non-hydrogen) atoms. The lowest BCUT2D eigenvalue weighted by atomic mass is 10.1. The zero-order chi connectivity index (χ0) is 11.3. The summed E-state index contributed by atoms with van der Waals surface area (Å²) in [5.74, 6) is 0. The van der Waals surface area contributed by atoms with Crippen molar-refractivity contribution in [2.24, 2.45) is 0 Å². The van der Waals surface area contributed by atoms with Gasteiger partial charge in [0.05, 0.1) is 5.60 Å². The van der Waals surface area contributed by atoms with Crippen LogP contribution in [0.15, 0.2) is 0 Å². The summed E-state index contributed by atoms with van der Waals surface area (Å²) in [7, 11) is 0. The summed E-state index contributed by atoms with van der Waals surface area (Å²) in [6.07, 6.45) is 1.24. The molecule has 1 rings (SSSR count). The van der Waals surface area contributed by atoms with E-state index in [1.54, 1.807) is 0 Å². The largest absolute Gasteiger partial charge is 0.375 e. The molecular formula is C12H26N2O. The number of nitrogens with zero attached hydrogens (tertiary/aromatic N) is 1. The van der Waals surface area contributed by atoms with Gasteiger partial charge in [0.1, 0.15) is 0 Å². The van der Waals surface area contributed by atoms with Crippen LogP contribution in [0.5, 0.6) is 0 Å². The molecule has 1 N–H and O–H groups in total. The first kappa shape index (κ1) is 12.9. The van der Waals surface area contributed by atoms with E-state index < -0.39 is 0 Å². The molecule has 1 saturated heterocycles. The summed E-state index contributed by atoms with van der Waals surface area (Å²) in [4.78, 5) is 2.51. The van der Waals surface area contributed by atoms with Gasteiger partial charge in [-0.25, -0.2) is 0 Å². The average Bonchev–Trinajstić information content (AvgIpc) is 2.30. The summed E-state index contributed by atoms with van der Waals surface area (Å²) in [5.41, 5.74) is -0.0116. The van der Waals surface area contributed by atoms with Crippen LogP contribution in [-0.4, -0.2) is 49.3 Å². The highest BCUT2D eigenvalue weighted by molar-refractivity contribution is 4.78. The quantitative estimate of drug-likeness (QED) is 0.767. The summed E-state index contributed by atoms with van der Waals surface area (Å²) < 4.78 is 5.74. The molecule has 1 atom stereocenters. The topological polar surface area (TPSA) is 24.5 Å². The number of ether oxygens (including phenoxy) is 1. The number of hydrogen-bond acceptors (Lipinski definition) is 3. The van der Waals surface area contributed by atoms with Crippen LogP contribution in [0.2, 0.25) is 0 Å². The van der Waals surface area contributed by atoms with Gasteiger partial charge < -0.3 is 10.1 Å². The van der Waals surface area contributed by atoms with E-state index in [1.807, 2.05) is 0 Å². The van der Waals surface area contributed by atoms with Crippen LogP contribution < -0.4 is 5.32 Å². The second-order valence-corrected chi connectivity index (χ2v) is 5.11. The third kappa shape index (κ3) is 4.96. The minimum Gasteiger partial charge on any atom is -0.375 e. The Balaban J connectivity index is 2.36. The molecule has 0 radical (unpaired) electrons. The molecule has 0 amide bonds. The fourth-order valence-electron chi connectivity index (χ4n) is 2.19. The zero-order valence-electron chi connectivity index (χ0n) is 10.7. The van der Waals surface area contributed by atoms with Gasteiger partial charge in [-0.15, -0.1) is 0 Å². The molecule has 0 aromatic heterocycles. The van der Waals surface area contributed by atoms with Crippen LogP contribution in [0.3, 0.4) is 0 Å². The zero-order valence-corrected chi connectivity index (χ0v) is 10.7. The van der Waals surface area contributed by atoms with Crippen molar-refractivity contribution in [1.29, 1.82) is 0 Å². The Morgan fingerprint density at radius 3 is 2.80 bits per heavy atom. The van der Waals surface area contributed by atoms with Crippen LogP contribution in [0, 0.1) is 0 Å². The van der Waals surface area contributed by atoms with Crippen LogP contribution in [0.4, 0.5) is 0 Å². The number of rotatable bonds is 4. The monoisotopic (exact) mass is 214 g/mol. The van der Waals surface area contributed by atoms with Gasteiger partial charge in [-0.2, -0.15) is 0 Å². The summed E-state index contributed by atoms with van der Waals surface area (Å²) in [5, 5.41) is 3.51. The standard InChI is InChI=1S/C12H26N2O/c1-5-15-12(3,4)10-14-8-6-11(2)13-7-9-14/h11,13H,5-10H2,1-4H3. The molecule has 1 aliphatic heterocycles. The number of nitrogens with one attached hydrogen (secondary N) is 1. The Hall–Kier alpha value is -0.120. The van der Waals surface area contributed by atoms with Crippen LogP contribution in [0.1, 0.15) is 34.1 Å². The third-order valence-electron chi connectivity index (χ3n) is 2.94. The first-order valence-electron chi connectivity index (χ1n) is 6.13. The smallest absolute Gasteiger partial charge is 0.0752 e. The van der Waals surface area contributed by atoms with Crippen molar-refractivity contribution in [3.05, 3.63) is 0 Å². The van der Waals surface area contributed by atoms with Crippen molar-refractivity contribution < 1.29 is 4.74 Å². The van der Waals surface area contributed by atoms with Crippen LogP contribution in [0.25, 0.3) is 0 Å². The van der Waals surface area contributed by atoms with E-state index >= 15 is 0 Å². The van der Waals surface area contributed by atoms with E-state index in [1.165, 1.54) is 13.0 Å². The van der Waals surface area contributed by atoms with Crippen molar-refractivity contribution in [3.63, 3.8) is 0 Å². The summed E-state index contributed by atoms with van der Waals surface area (Å²) in [6.45, 7) is 13.9. The van der Waals surface area contributed by atoms with Gasteiger partial charge in [0.25, 0.3) is 0 Å². The molecule has 3 nitrogen and oxygen atoms in total. The molecule has 1 fully saturated rings. The van der Waals surface area contributed by atoms with Gasteiger partial charge in [-0.05, 0) is 40.7 Å². The minimum absolute atomic E-state index is 0.0116. The highest BCUT2D eigenvalue weighted by atomic mass is 16.5.